The van der Waals surface area contributed by atoms with Gasteiger partial charge in [-0.2, -0.15) is 0 Å². The van der Waals surface area contributed by atoms with Crippen LogP contribution in [0.15, 0.2) is 33.5 Å². The number of carboxylic acids is 2. The Bertz CT molecular complexity index is 873. The Morgan fingerprint density at radius 1 is 1.29 bits per heavy atom. The standard InChI is InChI=1S/C14H12N2O8/c17-12(18)5-9(14(20)21)15-6-8-4-11-7(1-2-13(19)24-11)3-10(8)16(22)23/h1-4,9,15H,5-6H2,(H,17,18)(H,20,21)/t9-/m0/s1. The highest BCUT2D eigenvalue weighted by Gasteiger charge is 2.23. The van der Waals surface area contributed by atoms with Crippen molar-refractivity contribution < 1.29 is 29.1 Å². The lowest BCUT2D eigenvalue weighted by Crippen LogP contribution is -2.38. The maximum Gasteiger partial charge on any atom is 0.336 e. The van der Waals surface area contributed by atoms with Crippen LogP contribution in [0.5, 0.6) is 0 Å². The maximum absolute atomic E-state index is 11.2. The fraction of sp³-hybridized carbons (Fsp3) is 0.214. The number of nitrogens with zero attached hydrogens (tertiary/aromatic N) is 1. The van der Waals surface area contributed by atoms with Gasteiger partial charge in [-0.25, -0.2) is 4.79 Å². The van der Waals surface area contributed by atoms with E-state index in [1.54, 1.807) is 0 Å². The van der Waals surface area contributed by atoms with E-state index in [1.807, 2.05) is 0 Å². The Kier molecular flexibility index (Phi) is 4.90. The Labute approximate surface area is 133 Å². The SMILES string of the molecule is O=C(O)C[C@H](NCc1cc2oc(=O)ccc2cc1[N+](=O)[O-])C(=O)O. The highest BCUT2D eigenvalue weighted by Crippen LogP contribution is 2.25. The first kappa shape index (κ1) is 17.1. The molecule has 24 heavy (non-hydrogen) atoms. The number of nitro benzene ring substituents is 1. The van der Waals surface area contributed by atoms with Crippen LogP contribution in [0.3, 0.4) is 0 Å². The second-order valence-corrected chi connectivity index (χ2v) is 4.90. The Balaban J connectivity index is 2.36. The number of nitrogens with one attached hydrogen (secondary N) is 1. The second kappa shape index (κ2) is 6.87. The third kappa shape index (κ3) is 3.93. The van der Waals surface area contributed by atoms with Gasteiger partial charge in [0.15, 0.2) is 0 Å². The Hall–Kier alpha value is -3.27. The van der Waals surface area contributed by atoms with E-state index in [0.29, 0.717) is 5.39 Å². The van der Waals surface area contributed by atoms with Gasteiger partial charge in [-0.1, -0.05) is 0 Å². The van der Waals surface area contributed by atoms with Crippen LogP contribution < -0.4 is 10.9 Å². The van der Waals surface area contributed by atoms with Crippen LogP contribution in [0.25, 0.3) is 11.0 Å². The highest BCUT2D eigenvalue weighted by molar-refractivity contribution is 5.81. The molecule has 0 saturated heterocycles. The number of hydrogen-bond acceptors (Lipinski definition) is 7. The van der Waals surface area contributed by atoms with Crippen molar-refractivity contribution in [2.45, 2.75) is 19.0 Å². The molecule has 0 aliphatic rings. The summed E-state index contributed by atoms with van der Waals surface area (Å²) in [7, 11) is 0. The van der Waals surface area contributed by atoms with Gasteiger partial charge < -0.3 is 14.6 Å². The zero-order chi connectivity index (χ0) is 17.9. The number of rotatable bonds is 7. The van der Waals surface area contributed by atoms with Gasteiger partial charge in [0, 0.05) is 29.6 Å². The van der Waals surface area contributed by atoms with Gasteiger partial charge in [0.2, 0.25) is 0 Å². The van der Waals surface area contributed by atoms with Crippen LogP contribution in [0, 0.1) is 10.1 Å². The molecule has 1 atom stereocenters. The number of hydrogen-bond donors (Lipinski definition) is 3. The molecule has 2 rings (SSSR count). The normalized spacial score (nSPS) is 12.0. The average molecular weight is 336 g/mol. The number of benzene rings is 1. The van der Waals surface area contributed by atoms with Crippen molar-refractivity contribution in [3.8, 4) is 0 Å². The number of nitro groups is 1. The third-order valence-corrected chi connectivity index (χ3v) is 3.23. The van der Waals surface area contributed by atoms with Crippen LogP contribution in [0.1, 0.15) is 12.0 Å². The minimum absolute atomic E-state index is 0.0680. The summed E-state index contributed by atoms with van der Waals surface area (Å²) in [6, 6.07) is 3.53. The van der Waals surface area contributed by atoms with Crippen molar-refractivity contribution in [1.29, 1.82) is 0 Å². The van der Waals surface area contributed by atoms with Crippen molar-refractivity contribution >= 4 is 28.6 Å². The van der Waals surface area contributed by atoms with Crippen LogP contribution in [0.2, 0.25) is 0 Å². The summed E-state index contributed by atoms with van der Waals surface area (Å²) < 4.78 is 4.94. The molecule has 126 valence electrons. The van der Waals surface area contributed by atoms with Crippen LogP contribution in [-0.4, -0.2) is 33.1 Å². The summed E-state index contributed by atoms with van der Waals surface area (Å²) in [6.07, 6.45) is -0.689. The molecule has 0 unspecified atom stereocenters. The third-order valence-electron chi connectivity index (χ3n) is 3.23. The van der Waals surface area contributed by atoms with E-state index in [2.05, 4.69) is 5.32 Å². The molecular weight excluding hydrogens is 324 g/mol. The molecule has 1 aromatic carbocycles. The minimum Gasteiger partial charge on any atom is -0.481 e. The molecule has 0 aliphatic carbocycles. The molecule has 0 aliphatic heterocycles. The molecule has 2 aromatic rings. The number of carboxylic acid groups (broad SMARTS) is 2. The van der Waals surface area contributed by atoms with E-state index in [4.69, 9.17) is 14.6 Å². The fourth-order valence-electron chi connectivity index (χ4n) is 2.11. The molecule has 0 spiro atoms. The molecular formula is C14H12N2O8. The lowest BCUT2D eigenvalue weighted by molar-refractivity contribution is -0.385. The first-order valence-corrected chi connectivity index (χ1v) is 6.67. The molecule has 1 aromatic heterocycles. The quantitative estimate of drug-likeness (QED) is 0.376. The second-order valence-electron chi connectivity index (χ2n) is 4.90. The van der Waals surface area contributed by atoms with E-state index in [1.165, 1.54) is 18.2 Å². The van der Waals surface area contributed by atoms with Crippen LogP contribution >= 0.6 is 0 Å². The molecule has 3 N–H and O–H groups in total. The molecule has 0 radical (unpaired) electrons. The van der Waals surface area contributed by atoms with Crippen LogP contribution in [-0.2, 0) is 16.1 Å². The monoisotopic (exact) mass is 336 g/mol. The van der Waals surface area contributed by atoms with Gasteiger partial charge in [0.05, 0.1) is 11.3 Å². The van der Waals surface area contributed by atoms with E-state index in [9.17, 15) is 24.5 Å². The number of fused-ring (bicyclic) bond motifs is 1. The van der Waals surface area contributed by atoms with E-state index < -0.39 is 35.0 Å². The van der Waals surface area contributed by atoms with Gasteiger partial charge >= 0.3 is 17.6 Å². The fourth-order valence-corrected chi connectivity index (χ4v) is 2.11. The first-order valence-electron chi connectivity index (χ1n) is 6.67. The Morgan fingerprint density at radius 2 is 2.00 bits per heavy atom. The summed E-state index contributed by atoms with van der Waals surface area (Å²) in [5.41, 5.74) is -0.763. The summed E-state index contributed by atoms with van der Waals surface area (Å²) in [5.74, 6) is -2.72. The molecule has 0 saturated carbocycles. The van der Waals surface area contributed by atoms with Crippen molar-refractivity contribution in [3.05, 3.63) is 50.4 Å². The summed E-state index contributed by atoms with van der Waals surface area (Å²) in [5, 5.41) is 31.6. The summed E-state index contributed by atoms with van der Waals surface area (Å²) in [4.78, 5) is 43.4. The topological polar surface area (TPSA) is 160 Å². The minimum atomic E-state index is -1.42. The smallest absolute Gasteiger partial charge is 0.336 e. The van der Waals surface area contributed by atoms with Gasteiger partial charge in [-0.15, -0.1) is 0 Å². The average Bonchev–Trinajstić information content (AvgIpc) is 2.49. The Morgan fingerprint density at radius 3 is 2.58 bits per heavy atom. The van der Waals surface area contributed by atoms with Crippen molar-refractivity contribution in [3.63, 3.8) is 0 Å². The first-order chi connectivity index (χ1) is 11.3. The van der Waals surface area contributed by atoms with Gasteiger partial charge in [0.1, 0.15) is 11.6 Å². The predicted octanol–water partition coefficient (Wildman–Crippen LogP) is 0.719. The predicted molar refractivity (Wildman–Crippen MR) is 79.7 cm³/mol. The van der Waals surface area contributed by atoms with Crippen molar-refractivity contribution in [1.82, 2.24) is 5.32 Å². The molecule has 0 amide bonds. The number of carbonyl (C=O) groups is 2. The molecule has 0 fully saturated rings. The van der Waals surface area contributed by atoms with E-state index in [-0.39, 0.29) is 23.4 Å². The lowest BCUT2D eigenvalue weighted by Gasteiger charge is -2.12. The van der Waals surface area contributed by atoms with E-state index in [0.717, 1.165) is 6.07 Å². The zero-order valence-electron chi connectivity index (χ0n) is 12.1. The van der Waals surface area contributed by atoms with Gasteiger partial charge in [-0.3, -0.25) is 25.0 Å². The largest absolute Gasteiger partial charge is 0.481 e. The van der Waals surface area contributed by atoms with E-state index >= 15 is 0 Å². The van der Waals surface area contributed by atoms with Gasteiger partial charge in [0.25, 0.3) is 5.69 Å². The molecule has 10 nitrogen and oxygen atoms in total. The summed E-state index contributed by atoms with van der Waals surface area (Å²) >= 11 is 0. The molecule has 10 heteroatoms. The number of aliphatic carboxylic acids is 2. The zero-order valence-corrected chi connectivity index (χ0v) is 12.1. The summed E-state index contributed by atoms with van der Waals surface area (Å²) in [6.45, 7) is -0.283. The maximum atomic E-state index is 11.2. The molecule has 1 heterocycles. The van der Waals surface area contributed by atoms with Crippen molar-refractivity contribution in [2.24, 2.45) is 0 Å². The van der Waals surface area contributed by atoms with Crippen LogP contribution in [0.4, 0.5) is 5.69 Å². The lowest BCUT2D eigenvalue weighted by atomic mass is 10.1. The highest BCUT2D eigenvalue weighted by atomic mass is 16.6. The molecule has 0 bridgehead atoms. The van der Waals surface area contributed by atoms with Gasteiger partial charge in [-0.05, 0) is 12.1 Å². The van der Waals surface area contributed by atoms with Crippen molar-refractivity contribution in [2.75, 3.05) is 0 Å².